The third-order valence-corrected chi connectivity index (χ3v) is 6.25. The highest BCUT2D eigenvalue weighted by atomic mass is 32.2. The summed E-state index contributed by atoms with van der Waals surface area (Å²) in [7, 11) is -3.50. The van der Waals surface area contributed by atoms with E-state index in [4.69, 9.17) is 0 Å². The molecule has 6 heteroatoms. The molecule has 26 heavy (non-hydrogen) atoms. The van der Waals surface area contributed by atoms with E-state index in [1.807, 2.05) is 0 Å². The molecule has 0 aromatic heterocycles. The molecular weight excluding hydrogens is 348 g/mol. The van der Waals surface area contributed by atoms with Crippen molar-refractivity contribution in [2.75, 3.05) is 18.4 Å². The van der Waals surface area contributed by atoms with Crippen molar-refractivity contribution in [3.05, 3.63) is 24.3 Å². The molecule has 0 heterocycles. The van der Waals surface area contributed by atoms with Gasteiger partial charge in [-0.15, -0.1) is 0 Å². The third-order valence-electron chi connectivity index (χ3n) is 4.33. The summed E-state index contributed by atoms with van der Waals surface area (Å²) in [6, 6.07) is 6.43. The van der Waals surface area contributed by atoms with Crippen molar-refractivity contribution in [1.82, 2.24) is 4.31 Å². The lowest BCUT2D eigenvalue weighted by Gasteiger charge is -2.22. The zero-order valence-electron chi connectivity index (χ0n) is 16.5. The van der Waals surface area contributed by atoms with Crippen LogP contribution in [0.5, 0.6) is 0 Å². The number of benzene rings is 1. The zero-order chi connectivity index (χ0) is 19.4. The molecule has 0 spiro atoms. The number of amides is 1. The molecule has 0 unspecified atom stereocenters. The minimum absolute atomic E-state index is 0.172. The van der Waals surface area contributed by atoms with Crippen LogP contribution in [0.4, 0.5) is 5.69 Å². The van der Waals surface area contributed by atoms with E-state index in [9.17, 15) is 13.2 Å². The van der Waals surface area contributed by atoms with Crippen molar-refractivity contribution in [1.29, 1.82) is 0 Å². The van der Waals surface area contributed by atoms with Gasteiger partial charge in [-0.25, -0.2) is 8.42 Å². The number of hydrogen-bond donors (Lipinski definition) is 1. The van der Waals surface area contributed by atoms with Crippen molar-refractivity contribution in [3.8, 4) is 0 Å². The van der Waals surface area contributed by atoms with Crippen LogP contribution >= 0.6 is 0 Å². The number of sulfonamides is 1. The van der Waals surface area contributed by atoms with Crippen LogP contribution in [0.2, 0.25) is 0 Å². The lowest BCUT2D eigenvalue weighted by molar-refractivity contribution is -0.114. The quantitative estimate of drug-likeness (QED) is 0.499. The number of anilines is 1. The second-order valence-corrected chi connectivity index (χ2v) is 8.67. The molecule has 1 rings (SSSR count). The van der Waals surface area contributed by atoms with Crippen molar-refractivity contribution in [2.45, 2.75) is 77.0 Å². The maximum absolute atomic E-state index is 13.0. The van der Waals surface area contributed by atoms with Gasteiger partial charge >= 0.3 is 0 Å². The lowest BCUT2D eigenvalue weighted by atomic mass is 10.2. The molecule has 1 aromatic carbocycles. The van der Waals surface area contributed by atoms with Gasteiger partial charge in [0.25, 0.3) is 0 Å². The number of rotatable bonds is 13. The smallest absolute Gasteiger partial charge is 0.243 e. The van der Waals surface area contributed by atoms with Gasteiger partial charge in [0.15, 0.2) is 0 Å². The molecule has 0 fully saturated rings. The van der Waals surface area contributed by atoms with E-state index in [0.29, 0.717) is 18.8 Å². The maximum atomic E-state index is 13.0. The Labute approximate surface area is 159 Å². The fraction of sp³-hybridized carbons (Fsp3) is 0.650. The number of carbonyl (C=O) groups excluding carboxylic acids is 1. The Kier molecular flexibility index (Phi) is 10.5. The Morgan fingerprint density at radius 1 is 0.885 bits per heavy atom. The van der Waals surface area contributed by atoms with Gasteiger partial charge in [-0.05, 0) is 37.1 Å². The molecule has 0 bridgehead atoms. The van der Waals surface area contributed by atoms with E-state index in [-0.39, 0.29) is 10.8 Å². The van der Waals surface area contributed by atoms with Crippen LogP contribution < -0.4 is 5.32 Å². The first-order chi connectivity index (χ1) is 12.4. The van der Waals surface area contributed by atoms with Crippen LogP contribution in [0.3, 0.4) is 0 Å². The third kappa shape index (κ3) is 7.87. The van der Waals surface area contributed by atoms with Gasteiger partial charge in [-0.1, -0.05) is 52.4 Å². The van der Waals surface area contributed by atoms with Crippen molar-refractivity contribution < 1.29 is 13.2 Å². The number of hydrogen-bond acceptors (Lipinski definition) is 3. The second kappa shape index (κ2) is 12.1. The topological polar surface area (TPSA) is 66.5 Å². The molecule has 1 N–H and O–H groups in total. The average Bonchev–Trinajstić information content (AvgIpc) is 2.60. The largest absolute Gasteiger partial charge is 0.326 e. The van der Waals surface area contributed by atoms with Crippen molar-refractivity contribution in [2.24, 2.45) is 0 Å². The fourth-order valence-electron chi connectivity index (χ4n) is 2.84. The van der Waals surface area contributed by atoms with Crippen LogP contribution in [0.1, 0.15) is 72.1 Å². The Morgan fingerprint density at radius 3 is 1.81 bits per heavy atom. The molecule has 0 radical (unpaired) electrons. The summed E-state index contributed by atoms with van der Waals surface area (Å²) >= 11 is 0. The van der Waals surface area contributed by atoms with E-state index >= 15 is 0 Å². The fourth-order valence-corrected chi connectivity index (χ4v) is 4.36. The highest BCUT2D eigenvalue weighted by Crippen LogP contribution is 2.20. The molecule has 0 aliphatic rings. The van der Waals surface area contributed by atoms with Crippen LogP contribution in [0.15, 0.2) is 29.2 Å². The molecule has 1 amide bonds. The average molecular weight is 383 g/mol. The summed E-state index contributed by atoms with van der Waals surface area (Å²) in [6.07, 6.45) is 8.43. The van der Waals surface area contributed by atoms with Crippen LogP contribution in [0.25, 0.3) is 0 Å². The monoisotopic (exact) mass is 382 g/mol. The molecule has 0 aliphatic carbocycles. The molecular formula is C20H34N2O3S. The summed E-state index contributed by atoms with van der Waals surface area (Å²) in [5.74, 6) is -0.172. The van der Waals surface area contributed by atoms with Crippen molar-refractivity contribution in [3.63, 3.8) is 0 Å². The highest BCUT2D eigenvalue weighted by Gasteiger charge is 2.23. The summed E-state index contributed by atoms with van der Waals surface area (Å²) in [6.45, 7) is 6.87. The molecule has 5 nitrogen and oxygen atoms in total. The molecule has 0 saturated carbocycles. The van der Waals surface area contributed by atoms with Gasteiger partial charge < -0.3 is 5.32 Å². The van der Waals surface area contributed by atoms with E-state index in [1.54, 1.807) is 28.6 Å². The molecule has 0 aliphatic heterocycles. The second-order valence-electron chi connectivity index (χ2n) is 6.73. The van der Waals surface area contributed by atoms with Gasteiger partial charge in [0, 0.05) is 25.7 Å². The van der Waals surface area contributed by atoms with Crippen molar-refractivity contribution >= 4 is 21.6 Å². The Morgan fingerprint density at radius 2 is 1.38 bits per heavy atom. The SMILES string of the molecule is CCCCCCN(CCCCCC)S(=O)(=O)c1ccc(NC(C)=O)cc1. The first-order valence-corrected chi connectivity index (χ1v) is 11.2. The number of carbonyl (C=O) groups is 1. The Balaban J connectivity index is 2.83. The lowest BCUT2D eigenvalue weighted by Crippen LogP contribution is -2.33. The van der Waals surface area contributed by atoms with Crippen LogP contribution in [-0.2, 0) is 14.8 Å². The van der Waals surface area contributed by atoms with E-state index in [1.165, 1.54) is 6.92 Å². The predicted molar refractivity (Wildman–Crippen MR) is 108 cm³/mol. The number of nitrogens with zero attached hydrogens (tertiary/aromatic N) is 1. The Bertz CT molecular complexity index is 615. The van der Waals surface area contributed by atoms with Gasteiger partial charge in [0.2, 0.25) is 15.9 Å². The van der Waals surface area contributed by atoms with E-state index in [0.717, 1.165) is 51.4 Å². The minimum Gasteiger partial charge on any atom is -0.326 e. The van der Waals surface area contributed by atoms with Gasteiger partial charge in [-0.2, -0.15) is 4.31 Å². The predicted octanol–water partition coefficient (Wildman–Crippen LogP) is 4.80. The number of unbranched alkanes of at least 4 members (excludes halogenated alkanes) is 6. The molecule has 148 valence electrons. The standard InChI is InChI=1S/C20H34N2O3S/c1-4-6-8-10-16-22(17-11-9-7-5-2)26(24,25)20-14-12-19(13-15-20)21-18(3)23/h12-15H,4-11,16-17H2,1-3H3,(H,21,23). The normalized spacial score (nSPS) is 11.7. The molecule has 0 saturated heterocycles. The van der Waals surface area contributed by atoms with Gasteiger partial charge in [0.1, 0.15) is 0 Å². The first kappa shape index (κ1) is 22.6. The van der Waals surface area contributed by atoms with Crippen LogP contribution in [0, 0.1) is 0 Å². The maximum Gasteiger partial charge on any atom is 0.243 e. The molecule has 0 atom stereocenters. The molecule has 1 aromatic rings. The summed E-state index contributed by atoms with van der Waals surface area (Å²) in [5, 5.41) is 2.66. The van der Waals surface area contributed by atoms with E-state index < -0.39 is 10.0 Å². The highest BCUT2D eigenvalue weighted by molar-refractivity contribution is 7.89. The number of nitrogens with one attached hydrogen (secondary N) is 1. The summed E-state index contributed by atoms with van der Waals surface area (Å²) in [5.41, 5.74) is 0.605. The van der Waals surface area contributed by atoms with Gasteiger partial charge in [-0.3, -0.25) is 4.79 Å². The van der Waals surface area contributed by atoms with E-state index in [2.05, 4.69) is 19.2 Å². The summed E-state index contributed by atoms with van der Waals surface area (Å²) in [4.78, 5) is 11.4. The Hall–Kier alpha value is -1.40. The van der Waals surface area contributed by atoms with Crippen LogP contribution in [-0.4, -0.2) is 31.7 Å². The zero-order valence-corrected chi connectivity index (χ0v) is 17.3. The first-order valence-electron chi connectivity index (χ1n) is 9.79. The van der Waals surface area contributed by atoms with Gasteiger partial charge in [0.05, 0.1) is 4.90 Å². The minimum atomic E-state index is -3.50. The summed E-state index contributed by atoms with van der Waals surface area (Å²) < 4.78 is 27.7.